The summed E-state index contributed by atoms with van der Waals surface area (Å²) in [6.07, 6.45) is 3.53. The molecule has 1 aliphatic carbocycles. The first-order chi connectivity index (χ1) is 16.2. The van der Waals surface area contributed by atoms with E-state index in [1.807, 2.05) is 18.2 Å². The summed E-state index contributed by atoms with van der Waals surface area (Å²) in [6.45, 7) is 2.45. The van der Waals surface area contributed by atoms with Gasteiger partial charge in [0.25, 0.3) is 5.91 Å². The number of pyridine rings is 1. The fourth-order valence-electron chi connectivity index (χ4n) is 3.92. The summed E-state index contributed by atoms with van der Waals surface area (Å²) in [4.78, 5) is 21.6. The highest BCUT2D eigenvalue weighted by Gasteiger charge is 2.27. The van der Waals surface area contributed by atoms with Gasteiger partial charge in [0.15, 0.2) is 0 Å². The van der Waals surface area contributed by atoms with Crippen LogP contribution in [0.4, 0.5) is 21.6 Å². The number of aliphatic hydroxyl groups is 1. The summed E-state index contributed by atoms with van der Waals surface area (Å²) >= 11 is 1.56. The highest BCUT2D eigenvalue weighted by molar-refractivity contribution is 7.16. The Balaban J connectivity index is 1.54. The molecule has 0 saturated heterocycles. The number of nitrogens with one attached hydrogen (secondary N) is 3. The molecular weight excluding hydrogens is 455 g/mol. The predicted molar refractivity (Wildman–Crippen MR) is 135 cm³/mol. The van der Waals surface area contributed by atoms with Gasteiger partial charge < -0.3 is 26.8 Å². The largest absolute Gasteiger partial charge is 0.387 e. The van der Waals surface area contributed by atoms with Crippen molar-refractivity contribution in [2.45, 2.75) is 63.4 Å². The first-order valence-corrected chi connectivity index (χ1v) is 12.3. The number of hydrogen-bond acceptors (Lipinski definition) is 8. The molecule has 34 heavy (non-hydrogen) atoms. The molecule has 1 atom stereocenters. The molecule has 2 aromatic heterocycles. The van der Waals surface area contributed by atoms with E-state index in [1.54, 1.807) is 22.9 Å². The van der Waals surface area contributed by atoms with Crippen LogP contribution in [-0.2, 0) is 0 Å². The number of carbonyl (C=O) groups excluding carboxylic acids is 1. The second-order valence-corrected chi connectivity index (χ2v) is 10.2. The average molecular weight is 487 g/mol. The smallest absolute Gasteiger partial charge is 0.255 e. The number of thiazole rings is 1. The molecular formula is C24H31FN6O2S. The van der Waals surface area contributed by atoms with Gasteiger partial charge in [-0.25, -0.2) is 14.4 Å². The molecule has 8 nitrogen and oxygen atoms in total. The summed E-state index contributed by atoms with van der Waals surface area (Å²) in [5.74, 6) is 0.127. The number of nitrogens with zero attached hydrogens (tertiary/aromatic N) is 2. The van der Waals surface area contributed by atoms with E-state index < -0.39 is 17.7 Å². The molecule has 1 saturated carbocycles. The molecule has 0 aliphatic heterocycles. The number of carbonyl (C=O) groups is 1. The normalized spacial score (nSPS) is 19.6. The van der Waals surface area contributed by atoms with Crippen molar-refractivity contribution in [3.63, 3.8) is 0 Å². The van der Waals surface area contributed by atoms with Crippen molar-refractivity contribution in [3.8, 4) is 0 Å². The van der Waals surface area contributed by atoms with E-state index in [2.05, 4.69) is 25.9 Å². The van der Waals surface area contributed by atoms with Crippen molar-refractivity contribution in [3.05, 3.63) is 41.5 Å². The van der Waals surface area contributed by atoms with Gasteiger partial charge in [-0.1, -0.05) is 0 Å². The fourth-order valence-corrected chi connectivity index (χ4v) is 4.63. The highest BCUT2D eigenvalue weighted by Crippen LogP contribution is 2.28. The zero-order valence-electron chi connectivity index (χ0n) is 19.3. The van der Waals surface area contributed by atoms with Gasteiger partial charge in [0.1, 0.15) is 12.0 Å². The number of alkyl halides is 1. The molecule has 4 rings (SSSR count). The quantitative estimate of drug-likeness (QED) is 0.326. The number of fused-ring (bicyclic) bond motifs is 1. The molecule has 3 aromatic rings. The van der Waals surface area contributed by atoms with Gasteiger partial charge in [0.05, 0.1) is 39.1 Å². The van der Waals surface area contributed by atoms with E-state index in [-0.39, 0.29) is 18.6 Å². The van der Waals surface area contributed by atoms with Crippen molar-refractivity contribution >= 4 is 44.7 Å². The Bertz CT molecular complexity index is 1140. The standard InChI is InChI=1S/C24H31FN6O2S/c1-24(2,33)21(25)12-28-23(32)17-11-27-22(10-19(17)30-15-5-3-14(26)4-6-15)31-16-7-8-18-20(9-16)34-13-29-18/h7-11,13-15,21,33H,3-6,12,26H2,1-2H3,(H,28,32)(H2,27,30,31)/t14-,15-,21-/m1/s1. The van der Waals surface area contributed by atoms with Gasteiger partial charge in [0, 0.05) is 30.0 Å². The molecule has 0 spiro atoms. The Labute approximate surface area is 202 Å². The van der Waals surface area contributed by atoms with Crippen LogP contribution in [0.5, 0.6) is 0 Å². The third-order valence-corrected chi connectivity index (χ3v) is 6.88. The lowest BCUT2D eigenvalue weighted by Crippen LogP contribution is -2.42. The molecule has 1 fully saturated rings. The molecule has 2 heterocycles. The predicted octanol–water partition coefficient (Wildman–Crippen LogP) is 3.96. The number of amides is 1. The van der Waals surface area contributed by atoms with Gasteiger partial charge in [-0.15, -0.1) is 11.3 Å². The minimum Gasteiger partial charge on any atom is -0.387 e. The Hall–Kier alpha value is -2.82. The number of hydrogen-bond donors (Lipinski definition) is 5. The van der Waals surface area contributed by atoms with E-state index >= 15 is 0 Å². The molecule has 10 heteroatoms. The zero-order chi connectivity index (χ0) is 24.3. The first-order valence-electron chi connectivity index (χ1n) is 11.5. The third-order valence-electron chi connectivity index (χ3n) is 6.09. The van der Waals surface area contributed by atoms with Crippen molar-refractivity contribution in [1.29, 1.82) is 0 Å². The highest BCUT2D eigenvalue weighted by atomic mass is 32.1. The van der Waals surface area contributed by atoms with Crippen molar-refractivity contribution in [2.24, 2.45) is 5.73 Å². The lowest BCUT2D eigenvalue weighted by Gasteiger charge is -2.28. The van der Waals surface area contributed by atoms with Crippen LogP contribution in [0.3, 0.4) is 0 Å². The van der Waals surface area contributed by atoms with Crippen LogP contribution in [0, 0.1) is 0 Å². The average Bonchev–Trinajstić information content (AvgIpc) is 3.26. The summed E-state index contributed by atoms with van der Waals surface area (Å²) in [6, 6.07) is 8.06. The minimum absolute atomic E-state index is 0.181. The Kier molecular flexibility index (Phi) is 7.30. The van der Waals surface area contributed by atoms with E-state index in [0.717, 1.165) is 41.6 Å². The second kappa shape index (κ2) is 10.2. The van der Waals surface area contributed by atoms with Crippen LogP contribution in [0.1, 0.15) is 49.9 Å². The van der Waals surface area contributed by atoms with Crippen molar-refractivity contribution in [2.75, 3.05) is 17.2 Å². The van der Waals surface area contributed by atoms with Gasteiger partial charge in [0.2, 0.25) is 0 Å². The number of benzene rings is 1. The molecule has 0 bridgehead atoms. The number of anilines is 3. The van der Waals surface area contributed by atoms with Crippen LogP contribution in [0.25, 0.3) is 10.2 Å². The lowest BCUT2D eigenvalue weighted by molar-refractivity contribution is -0.00177. The summed E-state index contributed by atoms with van der Waals surface area (Å²) < 4.78 is 15.2. The van der Waals surface area contributed by atoms with Crippen molar-refractivity contribution < 1.29 is 14.3 Å². The second-order valence-electron chi connectivity index (χ2n) is 9.36. The van der Waals surface area contributed by atoms with Crippen LogP contribution < -0.4 is 21.7 Å². The monoisotopic (exact) mass is 486 g/mol. The van der Waals surface area contributed by atoms with Gasteiger partial charge in [-0.3, -0.25) is 4.79 Å². The van der Waals surface area contributed by atoms with E-state index in [1.165, 1.54) is 20.0 Å². The molecule has 182 valence electrons. The number of halogens is 1. The van der Waals surface area contributed by atoms with Crippen LogP contribution in [-0.4, -0.2) is 51.4 Å². The van der Waals surface area contributed by atoms with Gasteiger partial charge in [-0.2, -0.15) is 0 Å². The van der Waals surface area contributed by atoms with Crippen LogP contribution >= 0.6 is 11.3 Å². The van der Waals surface area contributed by atoms with E-state index in [4.69, 9.17) is 5.73 Å². The van der Waals surface area contributed by atoms with Crippen LogP contribution in [0.15, 0.2) is 36.0 Å². The summed E-state index contributed by atoms with van der Waals surface area (Å²) in [5.41, 5.74) is 9.04. The van der Waals surface area contributed by atoms with Gasteiger partial charge >= 0.3 is 0 Å². The maximum atomic E-state index is 14.2. The Morgan fingerprint density at radius 2 is 2.03 bits per heavy atom. The van der Waals surface area contributed by atoms with Gasteiger partial charge in [-0.05, 0) is 57.7 Å². The number of rotatable bonds is 8. The molecule has 1 aromatic carbocycles. The lowest BCUT2D eigenvalue weighted by atomic mass is 9.91. The summed E-state index contributed by atoms with van der Waals surface area (Å²) in [5, 5.41) is 19.2. The van der Waals surface area contributed by atoms with Crippen molar-refractivity contribution in [1.82, 2.24) is 15.3 Å². The number of aromatic nitrogens is 2. The minimum atomic E-state index is -1.59. The Morgan fingerprint density at radius 3 is 2.76 bits per heavy atom. The zero-order valence-corrected chi connectivity index (χ0v) is 20.2. The summed E-state index contributed by atoms with van der Waals surface area (Å²) in [7, 11) is 0. The topological polar surface area (TPSA) is 125 Å². The molecule has 6 N–H and O–H groups in total. The van der Waals surface area contributed by atoms with Crippen LogP contribution in [0.2, 0.25) is 0 Å². The maximum absolute atomic E-state index is 14.2. The Morgan fingerprint density at radius 1 is 1.26 bits per heavy atom. The number of nitrogens with two attached hydrogens (primary N) is 1. The first kappa shape index (κ1) is 24.3. The molecule has 1 amide bonds. The molecule has 1 aliphatic rings. The van der Waals surface area contributed by atoms with E-state index in [9.17, 15) is 14.3 Å². The molecule has 0 unspecified atom stereocenters. The third kappa shape index (κ3) is 5.99. The molecule has 0 radical (unpaired) electrons. The fraction of sp³-hybridized carbons (Fsp3) is 0.458. The maximum Gasteiger partial charge on any atom is 0.255 e. The van der Waals surface area contributed by atoms with E-state index in [0.29, 0.717) is 17.1 Å². The SMILES string of the molecule is CC(C)(O)[C@H](F)CNC(=O)c1cnc(Nc2ccc3ncsc3c2)cc1N[C@H]1CC[C@H](N)CC1.